The number of hydrogen-bond donors (Lipinski definition) is 2. The number of fused-ring (bicyclic) bond motifs is 1. The summed E-state index contributed by atoms with van der Waals surface area (Å²) >= 11 is 1.29. The summed E-state index contributed by atoms with van der Waals surface area (Å²) in [5, 5.41) is 14.1. The van der Waals surface area contributed by atoms with Gasteiger partial charge in [0.15, 0.2) is 0 Å². The van der Waals surface area contributed by atoms with E-state index in [1.807, 2.05) is 0 Å². The molecule has 0 fully saturated rings. The van der Waals surface area contributed by atoms with E-state index in [-0.39, 0.29) is 11.3 Å². The fourth-order valence-electron chi connectivity index (χ4n) is 2.91. The number of anilines is 1. The molecule has 1 aliphatic carbocycles. The summed E-state index contributed by atoms with van der Waals surface area (Å²) in [4.78, 5) is 35.9. The molecule has 0 saturated heterocycles. The lowest BCUT2D eigenvalue weighted by Crippen LogP contribution is -2.18. The Balaban J connectivity index is 1.99. The highest BCUT2D eigenvalue weighted by Gasteiger charge is 2.28. The van der Waals surface area contributed by atoms with E-state index in [1.165, 1.54) is 36.6 Å². The van der Waals surface area contributed by atoms with Crippen molar-refractivity contribution in [1.29, 1.82) is 0 Å². The molecule has 0 unspecified atom stereocenters. The summed E-state index contributed by atoms with van der Waals surface area (Å²) < 4.78 is 5.03. The lowest BCUT2D eigenvalue weighted by molar-refractivity contribution is -0.385. The molecule has 2 aromatic rings. The Bertz CT molecular complexity index is 890. The maximum atomic E-state index is 12.6. The molecule has 0 atom stereocenters. The first-order valence-corrected chi connectivity index (χ1v) is 8.32. The number of hydrogen-bond acceptors (Lipinski definition) is 6. The Labute approximate surface area is 146 Å². The van der Waals surface area contributed by atoms with Gasteiger partial charge in [-0.25, -0.2) is 0 Å². The van der Waals surface area contributed by atoms with Gasteiger partial charge in [-0.05, 0) is 37.0 Å². The highest BCUT2D eigenvalue weighted by molar-refractivity contribution is 7.17. The molecule has 0 saturated carbocycles. The Morgan fingerprint density at radius 3 is 2.76 bits per heavy atom. The average Bonchev–Trinajstić information content (AvgIpc) is 3.14. The second kappa shape index (κ2) is 6.52. The Morgan fingerprint density at radius 1 is 1.36 bits per heavy atom. The monoisotopic (exact) mass is 361 g/mol. The zero-order valence-corrected chi connectivity index (χ0v) is 14.1. The number of nitrogens with two attached hydrogens (primary N) is 1. The van der Waals surface area contributed by atoms with Crippen molar-refractivity contribution >= 4 is 33.8 Å². The predicted octanol–water partition coefficient (Wildman–Crippen LogP) is 2.50. The molecule has 3 N–H and O–H groups in total. The van der Waals surface area contributed by atoms with E-state index in [9.17, 15) is 19.7 Å². The minimum absolute atomic E-state index is 0.145. The van der Waals surface area contributed by atoms with E-state index in [0.29, 0.717) is 16.3 Å². The van der Waals surface area contributed by atoms with Gasteiger partial charge >= 0.3 is 0 Å². The molecular weight excluding hydrogens is 346 g/mol. The number of thiophene rings is 1. The van der Waals surface area contributed by atoms with Gasteiger partial charge in [0.25, 0.3) is 17.5 Å². The molecule has 130 valence electrons. The summed E-state index contributed by atoms with van der Waals surface area (Å²) in [6.45, 7) is 0. The lowest BCUT2D eigenvalue weighted by Gasteiger charge is -2.08. The minimum atomic E-state index is -0.687. The Hall–Kier alpha value is -2.94. The number of carbonyl (C=O) groups is 2. The van der Waals surface area contributed by atoms with Crippen LogP contribution in [0, 0.1) is 10.1 Å². The topological polar surface area (TPSA) is 125 Å². The normalized spacial score (nSPS) is 12.5. The highest BCUT2D eigenvalue weighted by atomic mass is 32.1. The van der Waals surface area contributed by atoms with Gasteiger partial charge in [-0.15, -0.1) is 11.3 Å². The number of nitrogens with zero attached hydrogens (tertiary/aromatic N) is 1. The first-order valence-electron chi connectivity index (χ1n) is 7.50. The summed E-state index contributed by atoms with van der Waals surface area (Å²) in [5.74, 6) is -0.984. The van der Waals surface area contributed by atoms with E-state index >= 15 is 0 Å². The molecule has 1 aliphatic rings. The van der Waals surface area contributed by atoms with Crippen LogP contribution in [-0.4, -0.2) is 23.8 Å². The maximum Gasteiger partial charge on any atom is 0.282 e. The van der Waals surface area contributed by atoms with Crippen LogP contribution in [0.25, 0.3) is 0 Å². The smallest absolute Gasteiger partial charge is 0.282 e. The SMILES string of the molecule is COc1ccc([N+](=O)[O-])c(C(=O)Nc2sc3c(c2C(N)=O)CCC3)c1. The predicted molar refractivity (Wildman–Crippen MR) is 92.5 cm³/mol. The number of carbonyl (C=O) groups excluding carboxylic acids is 2. The van der Waals surface area contributed by atoms with Crippen molar-refractivity contribution < 1.29 is 19.2 Å². The molecule has 3 rings (SSSR count). The molecule has 0 spiro atoms. The van der Waals surface area contributed by atoms with Crippen molar-refractivity contribution in [2.75, 3.05) is 12.4 Å². The van der Waals surface area contributed by atoms with Gasteiger partial charge in [-0.1, -0.05) is 0 Å². The maximum absolute atomic E-state index is 12.6. The number of nitrogens with one attached hydrogen (secondary N) is 1. The summed E-state index contributed by atoms with van der Waals surface area (Å²) in [5.41, 5.74) is 6.14. The molecule has 0 aliphatic heterocycles. The van der Waals surface area contributed by atoms with Gasteiger partial charge in [0.2, 0.25) is 0 Å². The van der Waals surface area contributed by atoms with Gasteiger partial charge in [-0.3, -0.25) is 19.7 Å². The molecular formula is C16H15N3O5S. The highest BCUT2D eigenvalue weighted by Crippen LogP contribution is 2.39. The van der Waals surface area contributed by atoms with Crippen molar-refractivity contribution in [1.82, 2.24) is 0 Å². The second-order valence-corrected chi connectivity index (χ2v) is 6.63. The molecule has 1 heterocycles. The number of nitro benzene ring substituents is 1. The zero-order chi connectivity index (χ0) is 18.1. The Kier molecular flexibility index (Phi) is 4.41. The number of rotatable bonds is 5. The van der Waals surface area contributed by atoms with Crippen LogP contribution in [0.3, 0.4) is 0 Å². The number of methoxy groups -OCH3 is 1. The molecule has 25 heavy (non-hydrogen) atoms. The molecule has 0 bridgehead atoms. The van der Waals surface area contributed by atoms with Crippen molar-refractivity contribution in [2.24, 2.45) is 5.73 Å². The standard InChI is InChI=1S/C16H15N3O5S/c1-24-8-5-6-11(19(22)23)10(7-8)15(21)18-16-13(14(17)20)9-3-2-4-12(9)25-16/h5-7H,2-4H2,1H3,(H2,17,20)(H,18,21). The van der Waals surface area contributed by atoms with Crippen molar-refractivity contribution in [3.63, 3.8) is 0 Å². The summed E-state index contributed by atoms with van der Waals surface area (Å²) in [6.07, 6.45) is 2.51. The van der Waals surface area contributed by atoms with Gasteiger partial charge in [0.05, 0.1) is 17.6 Å². The van der Waals surface area contributed by atoms with E-state index < -0.39 is 16.7 Å². The summed E-state index contributed by atoms with van der Waals surface area (Å²) in [7, 11) is 1.40. The first kappa shape index (κ1) is 16.9. The fourth-order valence-corrected chi connectivity index (χ4v) is 4.20. The number of ether oxygens (including phenoxy) is 1. The number of amides is 2. The average molecular weight is 361 g/mol. The second-order valence-electron chi connectivity index (χ2n) is 5.52. The zero-order valence-electron chi connectivity index (χ0n) is 13.3. The first-order chi connectivity index (χ1) is 11.9. The van der Waals surface area contributed by atoms with E-state index in [0.717, 1.165) is 29.7 Å². The largest absolute Gasteiger partial charge is 0.497 e. The molecule has 1 aromatic carbocycles. The van der Waals surface area contributed by atoms with Crippen LogP contribution in [0.2, 0.25) is 0 Å². The Morgan fingerprint density at radius 2 is 2.12 bits per heavy atom. The lowest BCUT2D eigenvalue weighted by atomic mass is 10.1. The quantitative estimate of drug-likeness (QED) is 0.625. The molecule has 2 amide bonds. The third-order valence-corrected chi connectivity index (χ3v) is 5.25. The van der Waals surface area contributed by atoms with Gasteiger partial charge in [0.1, 0.15) is 16.3 Å². The number of benzene rings is 1. The van der Waals surface area contributed by atoms with Crippen LogP contribution in [0.15, 0.2) is 18.2 Å². The molecule has 1 aromatic heterocycles. The molecule has 8 nitrogen and oxygen atoms in total. The van der Waals surface area contributed by atoms with Crippen LogP contribution in [-0.2, 0) is 12.8 Å². The van der Waals surface area contributed by atoms with Crippen molar-refractivity contribution in [3.05, 3.63) is 49.9 Å². The van der Waals surface area contributed by atoms with E-state index in [1.54, 1.807) is 0 Å². The fraction of sp³-hybridized carbons (Fsp3) is 0.250. The number of primary amides is 1. The third-order valence-electron chi connectivity index (χ3n) is 4.04. The van der Waals surface area contributed by atoms with Crippen molar-refractivity contribution in [2.45, 2.75) is 19.3 Å². The van der Waals surface area contributed by atoms with Crippen LogP contribution in [0.4, 0.5) is 10.7 Å². The number of aryl methyl sites for hydroxylation is 1. The van der Waals surface area contributed by atoms with Gasteiger partial charge in [-0.2, -0.15) is 0 Å². The van der Waals surface area contributed by atoms with E-state index in [4.69, 9.17) is 10.5 Å². The van der Waals surface area contributed by atoms with Gasteiger partial charge < -0.3 is 15.8 Å². The molecule has 0 radical (unpaired) electrons. The molecule has 9 heteroatoms. The minimum Gasteiger partial charge on any atom is -0.497 e. The number of nitro groups is 1. The van der Waals surface area contributed by atoms with Crippen LogP contribution < -0.4 is 15.8 Å². The van der Waals surface area contributed by atoms with Gasteiger partial charge in [0, 0.05) is 10.9 Å². The third kappa shape index (κ3) is 3.05. The summed E-state index contributed by atoms with van der Waals surface area (Å²) in [6, 6.07) is 3.90. The van der Waals surface area contributed by atoms with E-state index in [2.05, 4.69) is 5.32 Å². The van der Waals surface area contributed by atoms with Crippen LogP contribution >= 0.6 is 11.3 Å². The van der Waals surface area contributed by atoms with Crippen LogP contribution in [0.5, 0.6) is 5.75 Å². The van der Waals surface area contributed by atoms with Crippen LogP contribution in [0.1, 0.15) is 37.6 Å². The van der Waals surface area contributed by atoms with Crippen molar-refractivity contribution in [3.8, 4) is 5.75 Å².